The van der Waals surface area contributed by atoms with Crippen LogP contribution in [0.4, 0.5) is 5.69 Å². The molecule has 0 aliphatic heterocycles. The van der Waals surface area contributed by atoms with Gasteiger partial charge in [-0.05, 0) is 30.3 Å². The van der Waals surface area contributed by atoms with Gasteiger partial charge in [-0.2, -0.15) is 5.10 Å². The Morgan fingerprint density at radius 2 is 1.82 bits per heavy atom. The van der Waals surface area contributed by atoms with Crippen LogP contribution in [0, 0.1) is 0 Å². The highest BCUT2D eigenvalue weighted by Crippen LogP contribution is 2.23. The monoisotopic (exact) mass is 297 g/mol. The molecule has 0 radical (unpaired) electrons. The highest BCUT2D eigenvalue weighted by molar-refractivity contribution is 6.05. The van der Waals surface area contributed by atoms with Gasteiger partial charge in [0.2, 0.25) is 0 Å². The average molecular weight is 297 g/mol. The topological polar surface area (TPSA) is 64.9 Å². The number of rotatable bonds is 4. The molecule has 0 aliphatic rings. The Kier molecular flexibility index (Phi) is 3.65. The molecule has 3 rings (SSSR count). The number of benzene rings is 1. The molecule has 6 heteroatoms. The van der Waals surface area contributed by atoms with Crippen LogP contribution < -0.4 is 14.8 Å². The molecule has 112 valence electrons. The molecule has 0 fully saturated rings. The van der Waals surface area contributed by atoms with Crippen molar-refractivity contribution < 1.29 is 14.3 Å². The van der Waals surface area contributed by atoms with Crippen molar-refractivity contribution in [3.63, 3.8) is 0 Å². The summed E-state index contributed by atoms with van der Waals surface area (Å²) in [6.07, 6.45) is 3.49. The normalized spacial score (nSPS) is 10.5. The molecule has 0 saturated carbocycles. The number of hydrogen-bond acceptors (Lipinski definition) is 4. The van der Waals surface area contributed by atoms with Crippen LogP contribution in [0.3, 0.4) is 0 Å². The molecule has 0 spiro atoms. The lowest BCUT2D eigenvalue weighted by Gasteiger charge is -2.09. The molecule has 0 bridgehead atoms. The zero-order valence-electron chi connectivity index (χ0n) is 12.2. The van der Waals surface area contributed by atoms with Crippen molar-refractivity contribution in [2.75, 3.05) is 19.5 Å². The van der Waals surface area contributed by atoms with Crippen LogP contribution in [0.15, 0.2) is 48.8 Å². The van der Waals surface area contributed by atoms with E-state index in [1.54, 1.807) is 55.4 Å². The number of anilines is 1. The minimum Gasteiger partial charge on any atom is -0.497 e. The summed E-state index contributed by atoms with van der Waals surface area (Å²) in [6, 6.07) is 10.5. The smallest absolute Gasteiger partial charge is 0.255 e. The number of pyridine rings is 1. The van der Waals surface area contributed by atoms with Crippen molar-refractivity contribution in [1.29, 1.82) is 0 Å². The fourth-order valence-electron chi connectivity index (χ4n) is 2.14. The summed E-state index contributed by atoms with van der Waals surface area (Å²) in [6.45, 7) is 0. The maximum atomic E-state index is 12.4. The predicted octanol–water partition coefficient (Wildman–Crippen LogP) is 2.60. The molecule has 3 aromatic rings. The SMILES string of the molecule is COc1cc(OC)cc(C(=O)Nc2ccn3nccc3c2)c1. The summed E-state index contributed by atoms with van der Waals surface area (Å²) in [5.74, 6) is 0.896. The van der Waals surface area contributed by atoms with Crippen molar-refractivity contribution in [1.82, 2.24) is 9.61 Å². The first-order valence-electron chi connectivity index (χ1n) is 6.67. The average Bonchev–Trinajstić information content (AvgIpc) is 3.01. The van der Waals surface area contributed by atoms with E-state index >= 15 is 0 Å². The van der Waals surface area contributed by atoms with E-state index in [9.17, 15) is 4.79 Å². The Labute approximate surface area is 127 Å². The van der Waals surface area contributed by atoms with Crippen molar-refractivity contribution in [2.24, 2.45) is 0 Å². The van der Waals surface area contributed by atoms with E-state index in [4.69, 9.17) is 9.47 Å². The number of nitrogens with one attached hydrogen (secondary N) is 1. The minimum atomic E-state index is -0.235. The summed E-state index contributed by atoms with van der Waals surface area (Å²) >= 11 is 0. The fourth-order valence-corrected chi connectivity index (χ4v) is 2.14. The Balaban J connectivity index is 1.87. The summed E-state index contributed by atoms with van der Waals surface area (Å²) in [5, 5.41) is 6.96. The third kappa shape index (κ3) is 2.71. The second-order valence-corrected chi connectivity index (χ2v) is 4.67. The standard InChI is InChI=1S/C16H15N3O3/c1-21-14-7-11(8-15(10-14)22-2)16(20)18-12-4-6-19-13(9-12)3-5-17-19/h3-10H,1-2H3,(H,18,20). The molecule has 0 unspecified atom stereocenters. The lowest BCUT2D eigenvalue weighted by molar-refractivity contribution is 0.102. The van der Waals surface area contributed by atoms with E-state index in [1.165, 1.54) is 0 Å². The second-order valence-electron chi connectivity index (χ2n) is 4.67. The molecule has 6 nitrogen and oxygen atoms in total. The van der Waals surface area contributed by atoms with Crippen LogP contribution in [0.25, 0.3) is 5.52 Å². The Hall–Kier alpha value is -3.02. The quantitative estimate of drug-likeness (QED) is 0.804. The van der Waals surface area contributed by atoms with E-state index in [0.717, 1.165) is 5.52 Å². The van der Waals surface area contributed by atoms with Gasteiger partial charge in [-0.1, -0.05) is 0 Å². The molecule has 1 N–H and O–H groups in total. The van der Waals surface area contributed by atoms with Gasteiger partial charge in [-0.3, -0.25) is 4.79 Å². The van der Waals surface area contributed by atoms with E-state index in [1.807, 2.05) is 12.1 Å². The molecule has 1 amide bonds. The van der Waals surface area contributed by atoms with E-state index in [2.05, 4.69) is 10.4 Å². The first-order valence-corrected chi connectivity index (χ1v) is 6.67. The van der Waals surface area contributed by atoms with Gasteiger partial charge in [0.15, 0.2) is 0 Å². The number of carbonyl (C=O) groups excluding carboxylic acids is 1. The number of amides is 1. The maximum Gasteiger partial charge on any atom is 0.255 e. The van der Waals surface area contributed by atoms with Gasteiger partial charge in [-0.15, -0.1) is 0 Å². The van der Waals surface area contributed by atoms with Crippen LogP contribution >= 0.6 is 0 Å². The van der Waals surface area contributed by atoms with Crippen molar-refractivity contribution in [2.45, 2.75) is 0 Å². The highest BCUT2D eigenvalue weighted by atomic mass is 16.5. The number of aromatic nitrogens is 2. The van der Waals surface area contributed by atoms with Gasteiger partial charge in [0.25, 0.3) is 5.91 Å². The largest absolute Gasteiger partial charge is 0.497 e. The van der Waals surface area contributed by atoms with Crippen LogP contribution in [0.2, 0.25) is 0 Å². The number of hydrogen-bond donors (Lipinski definition) is 1. The highest BCUT2D eigenvalue weighted by Gasteiger charge is 2.10. The number of methoxy groups -OCH3 is 2. The maximum absolute atomic E-state index is 12.4. The zero-order chi connectivity index (χ0) is 15.5. The van der Waals surface area contributed by atoms with Gasteiger partial charge >= 0.3 is 0 Å². The van der Waals surface area contributed by atoms with Crippen LogP contribution in [0.5, 0.6) is 11.5 Å². The summed E-state index contributed by atoms with van der Waals surface area (Å²) in [7, 11) is 3.09. The van der Waals surface area contributed by atoms with Gasteiger partial charge in [0, 0.05) is 29.7 Å². The summed E-state index contributed by atoms with van der Waals surface area (Å²) < 4.78 is 12.1. The molecule has 2 aromatic heterocycles. The molecule has 0 saturated heterocycles. The van der Waals surface area contributed by atoms with Crippen LogP contribution in [0.1, 0.15) is 10.4 Å². The second kappa shape index (κ2) is 5.77. The first-order chi connectivity index (χ1) is 10.7. The molecular weight excluding hydrogens is 282 g/mol. The molecule has 0 aliphatic carbocycles. The van der Waals surface area contributed by atoms with Crippen molar-refractivity contribution in [3.8, 4) is 11.5 Å². The number of fused-ring (bicyclic) bond motifs is 1. The third-order valence-electron chi connectivity index (χ3n) is 3.27. The van der Waals surface area contributed by atoms with Gasteiger partial charge in [-0.25, -0.2) is 4.52 Å². The number of carbonyl (C=O) groups is 1. The first kappa shape index (κ1) is 13.9. The predicted molar refractivity (Wildman–Crippen MR) is 82.7 cm³/mol. The van der Waals surface area contributed by atoms with E-state index in [0.29, 0.717) is 22.7 Å². The Bertz CT molecular complexity index is 804. The zero-order valence-corrected chi connectivity index (χ0v) is 12.2. The van der Waals surface area contributed by atoms with Gasteiger partial charge in [0.1, 0.15) is 11.5 Å². The Morgan fingerprint density at radius 1 is 1.09 bits per heavy atom. The van der Waals surface area contributed by atoms with Gasteiger partial charge in [0.05, 0.1) is 19.7 Å². The van der Waals surface area contributed by atoms with Crippen LogP contribution in [-0.2, 0) is 0 Å². The molecule has 0 atom stereocenters. The molecular formula is C16H15N3O3. The van der Waals surface area contributed by atoms with Crippen LogP contribution in [-0.4, -0.2) is 29.7 Å². The minimum absolute atomic E-state index is 0.235. The fraction of sp³-hybridized carbons (Fsp3) is 0.125. The number of ether oxygens (including phenoxy) is 2. The van der Waals surface area contributed by atoms with E-state index in [-0.39, 0.29) is 5.91 Å². The van der Waals surface area contributed by atoms with E-state index < -0.39 is 0 Å². The van der Waals surface area contributed by atoms with Crippen molar-refractivity contribution >= 4 is 17.1 Å². The lowest BCUT2D eigenvalue weighted by atomic mass is 10.2. The molecule has 2 heterocycles. The Morgan fingerprint density at radius 3 is 2.50 bits per heavy atom. The summed E-state index contributed by atoms with van der Waals surface area (Å²) in [4.78, 5) is 12.4. The lowest BCUT2D eigenvalue weighted by Crippen LogP contribution is -2.12. The molecule has 1 aromatic carbocycles. The van der Waals surface area contributed by atoms with Crippen molar-refractivity contribution in [3.05, 3.63) is 54.4 Å². The summed E-state index contributed by atoms with van der Waals surface area (Å²) in [5.41, 5.74) is 2.06. The number of nitrogens with zero attached hydrogens (tertiary/aromatic N) is 2. The molecule has 22 heavy (non-hydrogen) atoms. The third-order valence-corrected chi connectivity index (χ3v) is 3.27. The van der Waals surface area contributed by atoms with Gasteiger partial charge < -0.3 is 14.8 Å².